The molecule has 3 rings (SSSR count). The first kappa shape index (κ1) is 17.2. The highest BCUT2D eigenvalue weighted by molar-refractivity contribution is 5.78. The van der Waals surface area contributed by atoms with E-state index in [4.69, 9.17) is 15.2 Å². The van der Waals surface area contributed by atoms with Crippen LogP contribution in [0.2, 0.25) is 0 Å². The zero-order chi connectivity index (χ0) is 17.6. The Hall–Kier alpha value is -2.60. The summed E-state index contributed by atoms with van der Waals surface area (Å²) in [6, 6.07) is 12.8. The lowest BCUT2D eigenvalue weighted by molar-refractivity contribution is -0.134. The topological polar surface area (TPSA) is 77.7 Å². The number of nitrogens with two attached hydrogens (primary N) is 1. The molecule has 0 bridgehead atoms. The van der Waals surface area contributed by atoms with E-state index in [-0.39, 0.29) is 18.6 Å². The van der Waals surface area contributed by atoms with E-state index in [1.807, 2.05) is 17.0 Å². The summed E-state index contributed by atoms with van der Waals surface area (Å²) in [5.74, 6) is 2.21. The zero-order valence-corrected chi connectivity index (χ0v) is 14.3. The van der Waals surface area contributed by atoms with Crippen molar-refractivity contribution in [2.45, 2.75) is 19.4 Å². The Morgan fingerprint density at radius 2 is 2.00 bits per heavy atom. The molecule has 0 spiro atoms. The number of likely N-dealkylation sites (tertiary alicyclic amines) is 1. The second-order valence-corrected chi connectivity index (χ2v) is 6.26. The van der Waals surface area contributed by atoms with Gasteiger partial charge in [-0.2, -0.15) is 0 Å². The molecule has 1 fully saturated rings. The smallest absolute Gasteiger partial charge is 0.260 e. The number of pyridine rings is 1. The largest absolute Gasteiger partial charge is 0.484 e. The molecule has 1 amide bonds. The fraction of sp³-hybridized carbons (Fsp3) is 0.368. The first-order valence-electron chi connectivity index (χ1n) is 8.47. The summed E-state index contributed by atoms with van der Waals surface area (Å²) in [6.07, 6.45) is 2.63. The number of carbonyl (C=O) groups excluding carboxylic acids is 1. The van der Waals surface area contributed by atoms with Gasteiger partial charge >= 0.3 is 0 Å². The number of amides is 1. The Morgan fingerprint density at radius 1 is 1.24 bits per heavy atom. The van der Waals surface area contributed by atoms with E-state index in [0.717, 1.165) is 13.0 Å². The van der Waals surface area contributed by atoms with Crippen LogP contribution in [0.1, 0.15) is 13.3 Å². The van der Waals surface area contributed by atoms with Crippen molar-refractivity contribution in [3.8, 4) is 17.4 Å². The van der Waals surface area contributed by atoms with Crippen molar-refractivity contribution >= 4 is 5.91 Å². The number of hydrogen-bond acceptors (Lipinski definition) is 5. The van der Waals surface area contributed by atoms with E-state index in [2.05, 4.69) is 11.9 Å². The van der Waals surface area contributed by atoms with E-state index >= 15 is 0 Å². The van der Waals surface area contributed by atoms with E-state index in [9.17, 15) is 4.79 Å². The third kappa shape index (κ3) is 4.48. The molecule has 1 aliphatic heterocycles. The number of aromatic nitrogens is 1. The van der Waals surface area contributed by atoms with Gasteiger partial charge in [0.1, 0.15) is 11.5 Å². The van der Waals surface area contributed by atoms with Crippen molar-refractivity contribution in [1.82, 2.24) is 9.88 Å². The predicted octanol–water partition coefficient (Wildman–Crippen LogP) is 2.45. The van der Waals surface area contributed by atoms with Crippen molar-refractivity contribution in [1.29, 1.82) is 0 Å². The van der Waals surface area contributed by atoms with E-state index in [1.165, 1.54) is 0 Å². The summed E-state index contributed by atoms with van der Waals surface area (Å²) in [5.41, 5.74) is 5.71. The Kier molecular flexibility index (Phi) is 5.50. The molecule has 1 aliphatic rings. The van der Waals surface area contributed by atoms with Gasteiger partial charge < -0.3 is 20.1 Å². The van der Waals surface area contributed by atoms with Crippen LogP contribution in [-0.4, -0.2) is 41.5 Å². The van der Waals surface area contributed by atoms with Crippen LogP contribution in [0.25, 0.3) is 0 Å². The van der Waals surface area contributed by atoms with Gasteiger partial charge in [-0.25, -0.2) is 4.98 Å². The van der Waals surface area contributed by atoms with Gasteiger partial charge in [0.15, 0.2) is 6.61 Å². The van der Waals surface area contributed by atoms with Crippen LogP contribution in [-0.2, 0) is 4.79 Å². The fourth-order valence-corrected chi connectivity index (χ4v) is 3.02. The van der Waals surface area contributed by atoms with Crippen LogP contribution in [0.4, 0.5) is 0 Å². The van der Waals surface area contributed by atoms with Crippen LogP contribution < -0.4 is 15.2 Å². The second kappa shape index (κ2) is 7.98. The molecule has 1 saturated heterocycles. The van der Waals surface area contributed by atoms with Crippen molar-refractivity contribution < 1.29 is 14.3 Å². The molecule has 1 aromatic heterocycles. The molecule has 132 valence electrons. The molecule has 0 aliphatic carbocycles. The maximum atomic E-state index is 12.3. The average molecular weight is 341 g/mol. The Labute approximate surface area is 147 Å². The standard InChI is InChI=1S/C19H23N3O3/c1-14-10-15(11-20)12-22(14)19(23)13-24-16-5-7-17(8-6-16)25-18-4-2-3-9-21-18/h2-9,14-15H,10-13,20H2,1H3. The maximum absolute atomic E-state index is 12.3. The minimum absolute atomic E-state index is 0.00254. The van der Waals surface area contributed by atoms with Crippen LogP contribution >= 0.6 is 0 Å². The van der Waals surface area contributed by atoms with Gasteiger partial charge in [-0.15, -0.1) is 0 Å². The van der Waals surface area contributed by atoms with Crippen molar-refractivity contribution in [2.24, 2.45) is 11.7 Å². The second-order valence-electron chi connectivity index (χ2n) is 6.26. The summed E-state index contributed by atoms with van der Waals surface area (Å²) in [6.45, 7) is 3.42. The van der Waals surface area contributed by atoms with Crippen LogP contribution in [0.3, 0.4) is 0 Å². The minimum Gasteiger partial charge on any atom is -0.484 e. The molecular weight excluding hydrogens is 318 g/mol. The molecule has 2 atom stereocenters. The highest BCUT2D eigenvalue weighted by atomic mass is 16.5. The van der Waals surface area contributed by atoms with Gasteiger partial charge in [0.2, 0.25) is 5.88 Å². The van der Waals surface area contributed by atoms with Gasteiger partial charge in [-0.3, -0.25) is 4.79 Å². The lowest BCUT2D eigenvalue weighted by Crippen LogP contribution is -2.37. The quantitative estimate of drug-likeness (QED) is 0.873. The zero-order valence-electron chi connectivity index (χ0n) is 14.3. The molecule has 2 unspecified atom stereocenters. The van der Waals surface area contributed by atoms with Crippen molar-refractivity contribution in [3.63, 3.8) is 0 Å². The van der Waals surface area contributed by atoms with Crippen LogP contribution in [0.5, 0.6) is 17.4 Å². The normalized spacial score (nSPS) is 19.7. The first-order valence-corrected chi connectivity index (χ1v) is 8.47. The number of nitrogens with zero attached hydrogens (tertiary/aromatic N) is 2. The first-order chi connectivity index (χ1) is 12.2. The molecule has 2 heterocycles. The Balaban J connectivity index is 1.51. The number of rotatable bonds is 6. The molecule has 2 N–H and O–H groups in total. The molecule has 6 heteroatoms. The molecule has 2 aromatic rings. The minimum atomic E-state index is -0.00254. The summed E-state index contributed by atoms with van der Waals surface area (Å²) < 4.78 is 11.2. The number of carbonyl (C=O) groups is 1. The highest BCUT2D eigenvalue weighted by Crippen LogP contribution is 2.24. The number of hydrogen-bond donors (Lipinski definition) is 1. The van der Waals surface area contributed by atoms with Crippen molar-refractivity contribution in [3.05, 3.63) is 48.7 Å². The molecule has 0 radical (unpaired) electrons. The third-order valence-corrected chi connectivity index (χ3v) is 4.36. The van der Waals surface area contributed by atoms with Crippen LogP contribution in [0, 0.1) is 5.92 Å². The summed E-state index contributed by atoms with van der Waals surface area (Å²) in [4.78, 5) is 18.3. The van der Waals surface area contributed by atoms with Gasteiger partial charge in [-0.05, 0) is 56.1 Å². The molecule has 25 heavy (non-hydrogen) atoms. The molecule has 6 nitrogen and oxygen atoms in total. The number of benzene rings is 1. The lowest BCUT2D eigenvalue weighted by Gasteiger charge is -2.21. The van der Waals surface area contributed by atoms with Gasteiger partial charge in [0.05, 0.1) is 0 Å². The SMILES string of the molecule is CC1CC(CN)CN1C(=O)COc1ccc(Oc2ccccn2)cc1. The lowest BCUT2D eigenvalue weighted by atomic mass is 10.1. The van der Waals surface area contributed by atoms with Crippen LogP contribution in [0.15, 0.2) is 48.7 Å². The van der Waals surface area contributed by atoms with Gasteiger partial charge in [0.25, 0.3) is 5.91 Å². The van der Waals surface area contributed by atoms with E-state index in [1.54, 1.807) is 36.5 Å². The summed E-state index contributed by atoms with van der Waals surface area (Å²) >= 11 is 0. The fourth-order valence-electron chi connectivity index (χ4n) is 3.02. The summed E-state index contributed by atoms with van der Waals surface area (Å²) in [7, 11) is 0. The maximum Gasteiger partial charge on any atom is 0.260 e. The Bertz CT molecular complexity index is 691. The molecular formula is C19H23N3O3. The molecule has 0 saturated carbocycles. The molecule has 1 aromatic carbocycles. The monoisotopic (exact) mass is 341 g/mol. The van der Waals surface area contributed by atoms with Gasteiger partial charge in [-0.1, -0.05) is 6.07 Å². The summed E-state index contributed by atoms with van der Waals surface area (Å²) in [5, 5.41) is 0. The Morgan fingerprint density at radius 3 is 2.64 bits per heavy atom. The van der Waals surface area contributed by atoms with E-state index < -0.39 is 0 Å². The average Bonchev–Trinajstić information content (AvgIpc) is 3.03. The number of ether oxygens (including phenoxy) is 2. The highest BCUT2D eigenvalue weighted by Gasteiger charge is 2.31. The van der Waals surface area contributed by atoms with E-state index in [0.29, 0.717) is 29.8 Å². The third-order valence-electron chi connectivity index (χ3n) is 4.36. The predicted molar refractivity (Wildman–Crippen MR) is 94.6 cm³/mol. The van der Waals surface area contributed by atoms with Crippen molar-refractivity contribution in [2.75, 3.05) is 19.7 Å². The van der Waals surface area contributed by atoms with Gasteiger partial charge in [0, 0.05) is 24.8 Å².